The molecule has 1 rings (SSSR count). The van der Waals surface area contributed by atoms with Crippen LogP contribution >= 0.6 is 0 Å². The summed E-state index contributed by atoms with van der Waals surface area (Å²) in [5.41, 5.74) is 0.410. The molecule has 0 aliphatic carbocycles. The van der Waals surface area contributed by atoms with Gasteiger partial charge in [-0.2, -0.15) is 0 Å². The second-order valence-corrected chi connectivity index (χ2v) is 4.52. The smallest absolute Gasteiger partial charge is 0.116 e. The van der Waals surface area contributed by atoms with Crippen LogP contribution < -0.4 is 0 Å². The van der Waals surface area contributed by atoms with E-state index in [1.54, 1.807) is 18.6 Å². The molecule has 0 fully saturated rings. The molecule has 4 heteroatoms. The van der Waals surface area contributed by atoms with Crippen molar-refractivity contribution in [2.45, 2.75) is 52.2 Å². The van der Waals surface area contributed by atoms with E-state index in [1.807, 2.05) is 0 Å². The summed E-state index contributed by atoms with van der Waals surface area (Å²) in [4.78, 5) is 10.6. The lowest BCUT2D eigenvalue weighted by molar-refractivity contribution is -0.0388. The Morgan fingerprint density at radius 1 is 1.17 bits per heavy atom. The summed E-state index contributed by atoms with van der Waals surface area (Å²) in [7, 11) is 0. The predicted molar refractivity (Wildman–Crippen MR) is 73.2 cm³/mol. The molecule has 0 aliphatic rings. The van der Waals surface area contributed by atoms with E-state index >= 15 is 0 Å². The molecule has 0 bridgehead atoms. The van der Waals surface area contributed by atoms with Gasteiger partial charge in [-0.05, 0) is 25.9 Å². The van der Waals surface area contributed by atoms with Crippen LogP contribution in [0.15, 0.2) is 18.6 Å². The van der Waals surface area contributed by atoms with Crippen LogP contribution in [0.3, 0.4) is 0 Å². The van der Waals surface area contributed by atoms with Crippen LogP contribution in [0.2, 0.25) is 0 Å². The van der Waals surface area contributed by atoms with E-state index in [-0.39, 0.29) is 5.54 Å². The Morgan fingerprint density at radius 2 is 1.78 bits per heavy atom. The number of nitrogens with zero attached hydrogens (tertiary/aromatic N) is 3. The van der Waals surface area contributed by atoms with Crippen LogP contribution in [0.1, 0.15) is 52.3 Å². The monoisotopic (exact) mass is 251 g/mol. The molecule has 1 aromatic heterocycles. The second-order valence-electron chi connectivity index (χ2n) is 4.52. The first-order valence-electron chi connectivity index (χ1n) is 6.85. The zero-order valence-corrected chi connectivity index (χ0v) is 11.9. The van der Waals surface area contributed by atoms with Crippen LogP contribution in [0.5, 0.6) is 0 Å². The van der Waals surface area contributed by atoms with Crippen LogP contribution in [0.4, 0.5) is 0 Å². The lowest BCUT2D eigenvalue weighted by Gasteiger charge is -2.45. The molecule has 1 unspecified atom stereocenters. The quantitative estimate of drug-likeness (QED) is 0.808. The van der Waals surface area contributed by atoms with Gasteiger partial charge in [-0.25, -0.2) is 0 Å². The van der Waals surface area contributed by atoms with Crippen LogP contribution in [0, 0.1) is 0 Å². The SMILES string of the molecule is CCN(CC)C(CC)(CC)C(O)c1cnccn1. The van der Waals surface area contributed by atoms with E-state index in [4.69, 9.17) is 0 Å². The first-order chi connectivity index (χ1) is 8.66. The molecule has 1 N–H and O–H groups in total. The lowest BCUT2D eigenvalue weighted by atomic mass is 9.83. The van der Waals surface area contributed by atoms with Gasteiger partial charge in [0.25, 0.3) is 0 Å². The van der Waals surface area contributed by atoms with Gasteiger partial charge >= 0.3 is 0 Å². The molecular formula is C14H25N3O. The predicted octanol–water partition coefficient (Wildman–Crippen LogP) is 2.41. The van der Waals surface area contributed by atoms with Gasteiger partial charge in [0.2, 0.25) is 0 Å². The number of rotatable bonds is 7. The van der Waals surface area contributed by atoms with Crippen molar-refractivity contribution in [1.82, 2.24) is 14.9 Å². The van der Waals surface area contributed by atoms with Crippen molar-refractivity contribution in [1.29, 1.82) is 0 Å². The maximum atomic E-state index is 10.7. The van der Waals surface area contributed by atoms with E-state index in [1.165, 1.54) is 0 Å². The number of aromatic nitrogens is 2. The van der Waals surface area contributed by atoms with Gasteiger partial charge in [0.15, 0.2) is 0 Å². The Kier molecular flexibility index (Phi) is 5.69. The van der Waals surface area contributed by atoms with E-state index in [0.717, 1.165) is 25.9 Å². The van der Waals surface area contributed by atoms with E-state index < -0.39 is 6.10 Å². The largest absolute Gasteiger partial charge is 0.385 e. The maximum absolute atomic E-state index is 10.7. The summed E-state index contributed by atoms with van der Waals surface area (Å²) in [6.07, 6.45) is 6.12. The molecule has 0 spiro atoms. The molecule has 18 heavy (non-hydrogen) atoms. The molecule has 0 radical (unpaired) electrons. The average molecular weight is 251 g/mol. The third-order valence-corrected chi connectivity index (χ3v) is 3.99. The number of aliphatic hydroxyl groups is 1. The normalized spacial score (nSPS) is 13.9. The van der Waals surface area contributed by atoms with Gasteiger partial charge in [-0.3, -0.25) is 14.9 Å². The van der Waals surface area contributed by atoms with Gasteiger partial charge in [0.05, 0.1) is 17.4 Å². The summed E-state index contributed by atoms with van der Waals surface area (Å²) < 4.78 is 0. The number of hydrogen-bond acceptors (Lipinski definition) is 4. The Balaban J connectivity index is 3.11. The van der Waals surface area contributed by atoms with E-state index in [9.17, 15) is 5.11 Å². The molecule has 0 amide bonds. The van der Waals surface area contributed by atoms with Crippen molar-refractivity contribution in [3.63, 3.8) is 0 Å². The van der Waals surface area contributed by atoms with Gasteiger partial charge in [0, 0.05) is 12.4 Å². The highest BCUT2D eigenvalue weighted by Gasteiger charge is 2.40. The Morgan fingerprint density at radius 3 is 2.17 bits per heavy atom. The summed E-state index contributed by atoms with van der Waals surface area (Å²) in [5, 5.41) is 10.7. The highest BCUT2D eigenvalue weighted by molar-refractivity contribution is 5.09. The van der Waals surface area contributed by atoms with Gasteiger partial charge < -0.3 is 5.11 Å². The summed E-state index contributed by atoms with van der Waals surface area (Å²) >= 11 is 0. The second kappa shape index (κ2) is 6.81. The van der Waals surface area contributed by atoms with Gasteiger partial charge in [-0.15, -0.1) is 0 Å². The molecule has 0 aliphatic heterocycles. The van der Waals surface area contributed by atoms with Crippen molar-refractivity contribution in [3.05, 3.63) is 24.3 Å². The highest BCUT2D eigenvalue weighted by Crippen LogP contribution is 2.36. The molecule has 102 valence electrons. The molecule has 1 heterocycles. The van der Waals surface area contributed by atoms with Crippen LogP contribution in [-0.4, -0.2) is 38.6 Å². The minimum absolute atomic E-state index is 0.250. The molecule has 1 atom stereocenters. The number of hydrogen-bond donors (Lipinski definition) is 1. The number of aliphatic hydroxyl groups excluding tert-OH is 1. The third kappa shape index (κ3) is 2.70. The minimum atomic E-state index is -0.596. The molecule has 4 nitrogen and oxygen atoms in total. The van der Waals surface area contributed by atoms with Crippen LogP contribution in [0.25, 0.3) is 0 Å². The molecule has 0 aromatic carbocycles. The summed E-state index contributed by atoms with van der Waals surface area (Å²) in [6.45, 7) is 10.4. The van der Waals surface area contributed by atoms with E-state index in [2.05, 4.69) is 42.6 Å². The van der Waals surface area contributed by atoms with Crippen molar-refractivity contribution < 1.29 is 5.11 Å². The topological polar surface area (TPSA) is 49.2 Å². The third-order valence-electron chi connectivity index (χ3n) is 3.99. The van der Waals surface area contributed by atoms with Crippen molar-refractivity contribution in [3.8, 4) is 0 Å². The summed E-state index contributed by atoms with van der Waals surface area (Å²) in [5.74, 6) is 0. The average Bonchev–Trinajstić information content (AvgIpc) is 2.45. The zero-order chi connectivity index (χ0) is 13.6. The number of likely N-dealkylation sites (N-methyl/N-ethyl adjacent to an activating group) is 1. The molecule has 0 saturated heterocycles. The fraction of sp³-hybridized carbons (Fsp3) is 0.714. The molecule has 1 aromatic rings. The molecule has 0 saturated carbocycles. The Labute approximate surface area is 110 Å². The van der Waals surface area contributed by atoms with Crippen molar-refractivity contribution >= 4 is 0 Å². The van der Waals surface area contributed by atoms with Gasteiger partial charge in [0.1, 0.15) is 6.10 Å². The Bertz CT molecular complexity index is 334. The van der Waals surface area contributed by atoms with Gasteiger partial charge in [-0.1, -0.05) is 27.7 Å². The maximum Gasteiger partial charge on any atom is 0.116 e. The fourth-order valence-corrected chi connectivity index (χ4v) is 2.84. The minimum Gasteiger partial charge on any atom is -0.385 e. The molecular weight excluding hydrogens is 226 g/mol. The standard InChI is InChI=1S/C14H25N3O/c1-5-14(6-2,17(7-3)8-4)13(18)12-11-15-9-10-16-12/h9-11,13,18H,5-8H2,1-4H3. The zero-order valence-electron chi connectivity index (χ0n) is 11.9. The highest BCUT2D eigenvalue weighted by atomic mass is 16.3. The summed E-state index contributed by atoms with van der Waals surface area (Å²) in [6, 6.07) is 0. The fourth-order valence-electron chi connectivity index (χ4n) is 2.84. The van der Waals surface area contributed by atoms with Crippen molar-refractivity contribution in [2.75, 3.05) is 13.1 Å². The first kappa shape index (κ1) is 15.1. The van der Waals surface area contributed by atoms with Crippen LogP contribution in [-0.2, 0) is 0 Å². The lowest BCUT2D eigenvalue weighted by Crippen LogP contribution is -2.52. The van der Waals surface area contributed by atoms with Crippen molar-refractivity contribution in [2.24, 2.45) is 0 Å². The Hall–Kier alpha value is -1.00. The first-order valence-corrected chi connectivity index (χ1v) is 6.85. The van der Waals surface area contributed by atoms with E-state index in [0.29, 0.717) is 5.69 Å².